The SMILES string of the molecule is CN(C)C(=O)CN=C(NCCc1cccs1)N(C)Cc1cc2ccccc2o1. The molecule has 0 unspecified atom stereocenters. The lowest BCUT2D eigenvalue weighted by Crippen LogP contribution is -2.40. The number of furan rings is 1. The number of benzene rings is 1. The first-order chi connectivity index (χ1) is 13.5. The Labute approximate surface area is 169 Å². The minimum atomic E-state index is -0.0327. The van der Waals surface area contributed by atoms with Crippen LogP contribution in [-0.2, 0) is 17.8 Å². The molecule has 0 saturated heterocycles. The molecule has 0 aliphatic heterocycles. The topological polar surface area (TPSA) is 61.1 Å². The summed E-state index contributed by atoms with van der Waals surface area (Å²) in [7, 11) is 5.42. The van der Waals surface area contributed by atoms with Crippen molar-refractivity contribution in [2.45, 2.75) is 13.0 Å². The lowest BCUT2D eigenvalue weighted by molar-refractivity contribution is -0.127. The van der Waals surface area contributed by atoms with E-state index in [1.807, 2.05) is 42.3 Å². The van der Waals surface area contributed by atoms with Crippen LogP contribution in [-0.4, -0.2) is 55.9 Å². The molecule has 1 aromatic carbocycles. The number of nitrogens with zero attached hydrogens (tertiary/aromatic N) is 3. The van der Waals surface area contributed by atoms with E-state index >= 15 is 0 Å². The largest absolute Gasteiger partial charge is 0.459 e. The molecule has 3 rings (SSSR count). The fourth-order valence-electron chi connectivity index (χ4n) is 2.77. The van der Waals surface area contributed by atoms with Gasteiger partial charge in [-0.05, 0) is 30.0 Å². The Morgan fingerprint density at radius 2 is 2.00 bits per heavy atom. The number of hydrogen-bond acceptors (Lipinski definition) is 4. The highest BCUT2D eigenvalue weighted by atomic mass is 32.1. The second kappa shape index (κ2) is 9.41. The van der Waals surface area contributed by atoms with Crippen molar-refractivity contribution in [3.63, 3.8) is 0 Å². The number of guanidine groups is 1. The number of rotatable bonds is 7. The van der Waals surface area contributed by atoms with Gasteiger partial charge in [-0.15, -0.1) is 11.3 Å². The van der Waals surface area contributed by atoms with E-state index in [1.165, 1.54) is 4.88 Å². The number of likely N-dealkylation sites (N-methyl/N-ethyl adjacent to an activating group) is 1. The minimum absolute atomic E-state index is 0.0327. The predicted molar refractivity (Wildman–Crippen MR) is 115 cm³/mol. The quantitative estimate of drug-likeness (QED) is 0.490. The van der Waals surface area contributed by atoms with Crippen LogP contribution in [0.15, 0.2) is 57.3 Å². The molecule has 148 valence electrons. The van der Waals surface area contributed by atoms with E-state index in [4.69, 9.17) is 4.42 Å². The molecule has 0 aliphatic carbocycles. The van der Waals surface area contributed by atoms with E-state index in [9.17, 15) is 4.79 Å². The zero-order valence-electron chi connectivity index (χ0n) is 16.5. The van der Waals surface area contributed by atoms with Crippen molar-refractivity contribution in [2.75, 3.05) is 34.2 Å². The van der Waals surface area contributed by atoms with E-state index in [1.54, 1.807) is 30.3 Å². The lowest BCUT2D eigenvalue weighted by Gasteiger charge is -2.21. The number of nitrogens with one attached hydrogen (secondary N) is 1. The zero-order valence-corrected chi connectivity index (χ0v) is 17.3. The van der Waals surface area contributed by atoms with Gasteiger partial charge in [-0.1, -0.05) is 24.3 Å². The third-order valence-corrected chi connectivity index (χ3v) is 5.26. The molecule has 2 heterocycles. The molecule has 6 nitrogen and oxygen atoms in total. The van der Waals surface area contributed by atoms with Crippen LogP contribution in [0.1, 0.15) is 10.6 Å². The molecule has 3 aromatic rings. The van der Waals surface area contributed by atoms with Crippen molar-refractivity contribution in [3.8, 4) is 0 Å². The molecule has 0 atom stereocenters. The lowest BCUT2D eigenvalue weighted by atomic mass is 10.2. The highest BCUT2D eigenvalue weighted by Gasteiger charge is 2.12. The summed E-state index contributed by atoms with van der Waals surface area (Å²) in [5.74, 6) is 1.51. The van der Waals surface area contributed by atoms with Crippen LogP contribution < -0.4 is 5.32 Å². The zero-order chi connectivity index (χ0) is 19.9. The van der Waals surface area contributed by atoms with E-state index in [2.05, 4.69) is 27.8 Å². The van der Waals surface area contributed by atoms with Gasteiger partial charge >= 0.3 is 0 Å². The Morgan fingerprint density at radius 3 is 2.71 bits per heavy atom. The molecule has 28 heavy (non-hydrogen) atoms. The standard InChI is InChI=1S/C21H26N4O2S/c1-24(2)20(26)14-23-21(22-11-10-18-8-6-12-28-18)25(3)15-17-13-16-7-4-5-9-19(16)27-17/h4-9,12-13H,10-11,14-15H2,1-3H3,(H,22,23). The van der Waals surface area contributed by atoms with Gasteiger partial charge in [0.2, 0.25) is 5.91 Å². The van der Waals surface area contributed by atoms with Crippen molar-refractivity contribution in [1.29, 1.82) is 0 Å². The first kappa shape index (κ1) is 19.9. The van der Waals surface area contributed by atoms with Crippen molar-refractivity contribution in [1.82, 2.24) is 15.1 Å². The third-order valence-electron chi connectivity index (χ3n) is 4.33. The Bertz CT molecular complexity index is 898. The van der Waals surface area contributed by atoms with Gasteiger partial charge in [-0.2, -0.15) is 0 Å². The Balaban J connectivity index is 1.67. The Morgan fingerprint density at radius 1 is 1.18 bits per heavy atom. The van der Waals surface area contributed by atoms with Gasteiger partial charge in [0.1, 0.15) is 17.9 Å². The summed E-state index contributed by atoms with van der Waals surface area (Å²) in [6, 6.07) is 14.2. The molecule has 0 aliphatic rings. The smallest absolute Gasteiger partial charge is 0.243 e. The van der Waals surface area contributed by atoms with Crippen molar-refractivity contribution >= 4 is 34.2 Å². The molecule has 2 aromatic heterocycles. The molecular weight excluding hydrogens is 372 g/mol. The Kier molecular flexibility index (Phi) is 6.71. The van der Waals surface area contributed by atoms with Gasteiger partial charge < -0.3 is 19.5 Å². The average Bonchev–Trinajstić information content (AvgIpc) is 3.32. The van der Waals surface area contributed by atoms with Gasteiger partial charge in [-0.3, -0.25) is 4.79 Å². The summed E-state index contributed by atoms with van der Waals surface area (Å²) in [4.78, 5) is 21.3. The first-order valence-electron chi connectivity index (χ1n) is 9.22. The average molecular weight is 399 g/mol. The number of para-hydroxylation sites is 1. The van der Waals surface area contributed by atoms with Crippen LogP contribution in [0.5, 0.6) is 0 Å². The summed E-state index contributed by atoms with van der Waals surface area (Å²) in [6.07, 6.45) is 0.913. The monoisotopic (exact) mass is 398 g/mol. The van der Waals surface area contributed by atoms with Crippen LogP contribution in [0.3, 0.4) is 0 Å². The number of amides is 1. The second-order valence-electron chi connectivity index (χ2n) is 6.79. The Hall–Kier alpha value is -2.80. The molecule has 1 N–H and O–H groups in total. The normalized spacial score (nSPS) is 11.6. The number of hydrogen-bond donors (Lipinski definition) is 1. The summed E-state index contributed by atoms with van der Waals surface area (Å²) in [5.41, 5.74) is 0.873. The fraction of sp³-hybridized carbons (Fsp3) is 0.333. The minimum Gasteiger partial charge on any atom is -0.459 e. The van der Waals surface area contributed by atoms with Crippen LogP contribution in [0.2, 0.25) is 0 Å². The van der Waals surface area contributed by atoms with E-state index in [-0.39, 0.29) is 12.5 Å². The number of carbonyl (C=O) groups is 1. The maximum atomic E-state index is 12.0. The fourth-order valence-corrected chi connectivity index (χ4v) is 3.48. The van der Waals surface area contributed by atoms with Gasteiger partial charge in [0, 0.05) is 38.0 Å². The third kappa shape index (κ3) is 5.36. The van der Waals surface area contributed by atoms with Gasteiger partial charge in [0.25, 0.3) is 0 Å². The van der Waals surface area contributed by atoms with Crippen molar-refractivity contribution in [3.05, 3.63) is 58.5 Å². The molecule has 1 amide bonds. The first-order valence-corrected chi connectivity index (χ1v) is 10.1. The summed E-state index contributed by atoms with van der Waals surface area (Å²) in [6.45, 7) is 1.43. The second-order valence-corrected chi connectivity index (χ2v) is 7.82. The van der Waals surface area contributed by atoms with Crippen molar-refractivity contribution in [2.24, 2.45) is 4.99 Å². The molecule has 0 fully saturated rings. The molecule has 0 saturated carbocycles. The van der Waals surface area contributed by atoms with Crippen LogP contribution in [0, 0.1) is 0 Å². The molecule has 0 spiro atoms. The van der Waals surface area contributed by atoms with E-state index in [0.29, 0.717) is 12.5 Å². The number of fused-ring (bicyclic) bond motifs is 1. The van der Waals surface area contributed by atoms with Gasteiger partial charge in [0.15, 0.2) is 5.96 Å². The van der Waals surface area contributed by atoms with Crippen LogP contribution in [0.4, 0.5) is 0 Å². The number of carbonyl (C=O) groups excluding carboxylic acids is 1. The highest BCUT2D eigenvalue weighted by molar-refractivity contribution is 7.09. The van der Waals surface area contributed by atoms with Crippen LogP contribution in [0.25, 0.3) is 11.0 Å². The molecule has 0 bridgehead atoms. The number of thiophene rings is 1. The maximum absolute atomic E-state index is 12.0. The molecular formula is C21H26N4O2S. The van der Waals surface area contributed by atoms with Gasteiger partial charge in [0.05, 0.1) is 6.54 Å². The van der Waals surface area contributed by atoms with E-state index in [0.717, 1.165) is 29.7 Å². The molecule has 7 heteroatoms. The van der Waals surface area contributed by atoms with Crippen LogP contribution >= 0.6 is 11.3 Å². The van der Waals surface area contributed by atoms with E-state index < -0.39 is 0 Å². The summed E-state index contributed by atoms with van der Waals surface area (Å²) in [5, 5.41) is 6.53. The summed E-state index contributed by atoms with van der Waals surface area (Å²) >= 11 is 1.74. The maximum Gasteiger partial charge on any atom is 0.243 e. The van der Waals surface area contributed by atoms with Crippen molar-refractivity contribution < 1.29 is 9.21 Å². The highest BCUT2D eigenvalue weighted by Crippen LogP contribution is 2.19. The summed E-state index contributed by atoms with van der Waals surface area (Å²) < 4.78 is 5.92. The molecule has 0 radical (unpaired) electrons. The predicted octanol–water partition coefficient (Wildman–Crippen LogP) is 3.20. The number of aliphatic imine (C=N–C) groups is 1. The van der Waals surface area contributed by atoms with Gasteiger partial charge in [-0.25, -0.2) is 4.99 Å².